The van der Waals surface area contributed by atoms with Crippen LogP contribution in [0.5, 0.6) is 0 Å². The first-order chi connectivity index (χ1) is 9.69. The Kier molecular flexibility index (Phi) is 4.46. The zero-order valence-electron chi connectivity index (χ0n) is 12.6. The highest BCUT2D eigenvalue weighted by atomic mass is 32.1. The van der Waals surface area contributed by atoms with E-state index >= 15 is 0 Å². The first-order valence-electron chi connectivity index (χ1n) is 7.72. The minimum absolute atomic E-state index is 0.0599. The van der Waals surface area contributed by atoms with Gasteiger partial charge in [-0.2, -0.15) is 0 Å². The van der Waals surface area contributed by atoms with Gasteiger partial charge in [-0.3, -0.25) is 4.90 Å². The van der Waals surface area contributed by atoms with E-state index in [1.165, 1.54) is 29.1 Å². The minimum atomic E-state index is 0.0599. The summed E-state index contributed by atoms with van der Waals surface area (Å²) in [5.74, 6) is 0. The molecule has 0 aliphatic carbocycles. The molecule has 112 valence electrons. The van der Waals surface area contributed by atoms with Crippen molar-refractivity contribution in [3.8, 4) is 0 Å². The molecule has 2 aliphatic heterocycles. The first-order valence-corrected chi connectivity index (χ1v) is 8.54. The van der Waals surface area contributed by atoms with Crippen LogP contribution in [0.3, 0.4) is 0 Å². The summed E-state index contributed by atoms with van der Waals surface area (Å²) in [7, 11) is 0. The fourth-order valence-corrected chi connectivity index (χ4v) is 4.48. The monoisotopic (exact) mass is 295 g/mol. The number of hydrogen-bond acceptors (Lipinski definition) is 4. The summed E-state index contributed by atoms with van der Waals surface area (Å²) in [6, 6.07) is 4.48. The fraction of sp³-hybridized carbons (Fsp3) is 0.750. The number of aryl methyl sites for hydroxylation is 1. The standard InChI is InChI=1S/C16H25NO2S/c1-3-18-14-9-16(19-11-14)7-4-8-17(12-16)10-15-6-5-13(2)20-15/h5-6,14H,3-4,7-12H2,1-2H3/t14-,16-/m0/s1. The van der Waals surface area contributed by atoms with Crippen LogP contribution in [0, 0.1) is 6.92 Å². The third kappa shape index (κ3) is 3.25. The molecule has 2 aliphatic rings. The predicted molar refractivity (Wildman–Crippen MR) is 82.3 cm³/mol. The molecular formula is C16H25NO2S. The molecule has 20 heavy (non-hydrogen) atoms. The van der Waals surface area contributed by atoms with E-state index in [4.69, 9.17) is 9.47 Å². The summed E-state index contributed by atoms with van der Waals surface area (Å²) in [6.45, 7) is 9.15. The summed E-state index contributed by atoms with van der Waals surface area (Å²) >= 11 is 1.91. The van der Waals surface area contributed by atoms with Crippen LogP contribution in [0.1, 0.15) is 35.9 Å². The maximum atomic E-state index is 6.16. The van der Waals surface area contributed by atoms with Gasteiger partial charge in [0.2, 0.25) is 0 Å². The van der Waals surface area contributed by atoms with E-state index < -0.39 is 0 Å². The van der Waals surface area contributed by atoms with Gasteiger partial charge in [-0.05, 0) is 45.4 Å². The second-order valence-corrected chi connectivity index (χ2v) is 7.47. The van der Waals surface area contributed by atoms with E-state index in [0.29, 0.717) is 6.10 Å². The normalized spacial score (nSPS) is 31.2. The highest BCUT2D eigenvalue weighted by molar-refractivity contribution is 7.11. The molecule has 1 spiro atoms. The molecule has 0 amide bonds. The van der Waals surface area contributed by atoms with Crippen LogP contribution in [0.15, 0.2) is 12.1 Å². The third-order valence-corrected chi connectivity index (χ3v) is 5.36. The van der Waals surface area contributed by atoms with E-state index in [1.807, 2.05) is 11.3 Å². The lowest BCUT2D eigenvalue weighted by Crippen LogP contribution is -2.47. The smallest absolute Gasteiger partial charge is 0.0836 e. The van der Waals surface area contributed by atoms with E-state index in [2.05, 4.69) is 30.9 Å². The largest absolute Gasteiger partial charge is 0.376 e. The average Bonchev–Trinajstić information content (AvgIpc) is 2.98. The van der Waals surface area contributed by atoms with Crippen molar-refractivity contribution in [1.29, 1.82) is 0 Å². The molecule has 0 unspecified atom stereocenters. The number of thiophene rings is 1. The van der Waals surface area contributed by atoms with Gasteiger partial charge in [0.25, 0.3) is 0 Å². The topological polar surface area (TPSA) is 21.7 Å². The Morgan fingerprint density at radius 3 is 3.15 bits per heavy atom. The summed E-state index contributed by atoms with van der Waals surface area (Å²) < 4.78 is 11.9. The van der Waals surface area contributed by atoms with Gasteiger partial charge >= 0.3 is 0 Å². The highest BCUT2D eigenvalue weighted by Crippen LogP contribution is 2.36. The van der Waals surface area contributed by atoms with Crippen molar-refractivity contribution in [3.63, 3.8) is 0 Å². The Labute approximate surface area is 125 Å². The maximum Gasteiger partial charge on any atom is 0.0836 e. The Morgan fingerprint density at radius 2 is 2.40 bits per heavy atom. The van der Waals surface area contributed by atoms with Gasteiger partial charge in [-0.15, -0.1) is 11.3 Å². The molecule has 3 heterocycles. The predicted octanol–water partition coefficient (Wildman–Crippen LogP) is 3.22. The highest BCUT2D eigenvalue weighted by Gasteiger charge is 2.43. The van der Waals surface area contributed by atoms with Crippen molar-refractivity contribution in [2.75, 3.05) is 26.3 Å². The summed E-state index contributed by atoms with van der Waals surface area (Å²) in [5, 5.41) is 0. The molecule has 3 nitrogen and oxygen atoms in total. The van der Waals surface area contributed by atoms with Crippen molar-refractivity contribution >= 4 is 11.3 Å². The van der Waals surface area contributed by atoms with Gasteiger partial charge in [0.05, 0.1) is 18.3 Å². The molecule has 0 bridgehead atoms. The molecule has 1 aromatic rings. The molecular weight excluding hydrogens is 270 g/mol. The Morgan fingerprint density at radius 1 is 1.50 bits per heavy atom. The second kappa shape index (κ2) is 6.14. The van der Waals surface area contributed by atoms with Gasteiger partial charge in [-0.25, -0.2) is 0 Å². The summed E-state index contributed by atoms with van der Waals surface area (Å²) in [6.07, 6.45) is 3.81. The van der Waals surface area contributed by atoms with Gasteiger partial charge < -0.3 is 9.47 Å². The van der Waals surface area contributed by atoms with E-state index in [-0.39, 0.29) is 5.60 Å². The van der Waals surface area contributed by atoms with Crippen molar-refractivity contribution in [3.05, 3.63) is 21.9 Å². The van der Waals surface area contributed by atoms with E-state index in [9.17, 15) is 0 Å². The van der Waals surface area contributed by atoms with Crippen LogP contribution in [0.4, 0.5) is 0 Å². The molecule has 0 saturated carbocycles. The van der Waals surface area contributed by atoms with E-state index in [1.54, 1.807) is 0 Å². The SMILES string of the molecule is CCO[C@@H]1CO[C@@]2(CCCN(Cc3ccc(C)s3)C2)C1. The zero-order valence-corrected chi connectivity index (χ0v) is 13.4. The Hall–Kier alpha value is -0.420. The minimum Gasteiger partial charge on any atom is -0.376 e. The number of ether oxygens (including phenoxy) is 2. The average molecular weight is 295 g/mol. The van der Waals surface area contributed by atoms with Crippen LogP contribution >= 0.6 is 11.3 Å². The van der Waals surface area contributed by atoms with Crippen LogP contribution in [0.25, 0.3) is 0 Å². The molecule has 1 aromatic heterocycles. The van der Waals surface area contributed by atoms with Gasteiger partial charge in [0.15, 0.2) is 0 Å². The van der Waals surface area contributed by atoms with Gasteiger partial charge in [0.1, 0.15) is 0 Å². The molecule has 2 atom stereocenters. The molecule has 2 saturated heterocycles. The summed E-state index contributed by atoms with van der Waals surface area (Å²) in [4.78, 5) is 5.43. The van der Waals surface area contributed by atoms with Crippen molar-refractivity contribution in [2.45, 2.75) is 51.4 Å². The second-order valence-electron chi connectivity index (χ2n) is 6.10. The summed E-state index contributed by atoms with van der Waals surface area (Å²) in [5.41, 5.74) is 0.0599. The van der Waals surface area contributed by atoms with Crippen LogP contribution in [0.2, 0.25) is 0 Å². The number of likely N-dealkylation sites (tertiary alicyclic amines) is 1. The maximum absolute atomic E-state index is 6.16. The third-order valence-electron chi connectivity index (χ3n) is 4.37. The number of hydrogen-bond donors (Lipinski definition) is 0. The fourth-order valence-electron chi connectivity index (χ4n) is 3.55. The zero-order chi connectivity index (χ0) is 14.0. The van der Waals surface area contributed by atoms with Gasteiger partial charge in [-0.1, -0.05) is 0 Å². The van der Waals surface area contributed by atoms with Crippen LogP contribution < -0.4 is 0 Å². The number of piperidine rings is 1. The van der Waals surface area contributed by atoms with E-state index in [0.717, 1.165) is 32.7 Å². The number of rotatable bonds is 4. The number of nitrogens with zero attached hydrogens (tertiary/aromatic N) is 1. The molecule has 4 heteroatoms. The quantitative estimate of drug-likeness (QED) is 0.851. The lowest BCUT2D eigenvalue weighted by atomic mass is 9.89. The van der Waals surface area contributed by atoms with Crippen molar-refractivity contribution < 1.29 is 9.47 Å². The van der Waals surface area contributed by atoms with Crippen LogP contribution in [-0.2, 0) is 16.0 Å². The molecule has 0 radical (unpaired) electrons. The first kappa shape index (κ1) is 14.5. The lowest BCUT2D eigenvalue weighted by molar-refractivity contribution is -0.0543. The molecule has 2 fully saturated rings. The van der Waals surface area contributed by atoms with Crippen LogP contribution in [-0.4, -0.2) is 42.9 Å². The molecule has 3 rings (SSSR count). The van der Waals surface area contributed by atoms with Crippen molar-refractivity contribution in [2.24, 2.45) is 0 Å². The molecule has 0 N–H and O–H groups in total. The Balaban J connectivity index is 1.59. The Bertz CT molecular complexity index is 447. The lowest BCUT2D eigenvalue weighted by Gasteiger charge is -2.39. The van der Waals surface area contributed by atoms with Gasteiger partial charge in [0, 0.05) is 35.9 Å². The van der Waals surface area contributed by atoms with Crippen molar-refractivity contribution in [1.82, 2.24) is 4.90 Å². The molecule has 0 aromatic carbocycles.